The number of hydrogen-bond donors (Lipinski definition) is 1. The summed E-state index contributed by atoms with van der Waals surface area (Å²) in [6.07, 6.45) is 0.559. The van der Waals surface area contributed by atoms with E-state index in [1.807, 2.05) is 0 Å². The molecular formula is C24H30F2N2O4. The van der Waals surface area contributed by atoms with Gasteiger partial charge in [-0.2, -0.15) is 0 Å². The zero-order valence-corrected chi connectivity index (χ0v) is 18.9. The number of nitrogens with zero attached hydrogens (tertiary/aromatic N) is 1. The normalized spacial score (nSPS) is 20.4. The summed E-state index contributed by atoms with van der Waals surface area (Å²) in [5, 5.41) is 2.73. The number of ether oxygens (including phenoxy) is 2. The van der Waals surface area contributed by atoms with Crippen LogP contribution in [0.1, 0.15) is 40.0 Å². The number of carbonyl (C=O) groups is 1. The first kappa shape index (κ1) is 23.8. The number of rotatable bonds is 5. The third-order valence-corrected chi connectivity index (χ3v) is 5.41. The predicted octanol–water partition coefficient (Wildman–Crippen LogP) is 4.76. The van der Waals surface area contributed by atoms with Gasteiger partial charge < -0.3 is 19.4 Å². The van der Waals surface area contributed by atoms with Gasteiger partial charge in [0.15, 0.2) is 0 Å². The van der Waals surface area contributed by atoms with Crippen molar-refractivity contribution in [1.82, 2.24) is 9.88 Å². The molecule has 1 aliphatic rings. The highest BCUT2D eigenvalue weighted by Gasteiger charge is 2.42. The lowest BCUT2D eigenvalue weighted by Gasteiger charge is -2.36. The number of aryl methyl sites for hydroxylation is 1. The number of carbonyl (C=O) groups excluding carboxylic acids is 1. The molecule has 174 valence electrons. The molecule has 1 saturated carbocycles. The van der Waals surface area contributed by atoms with Crippen LogP contribution >= 0.6 is 0 Å². The van der Waals surface area contributed by atoms with E-state index < -0.39 is 29.6 Å². The molecule has 2 atom stereocenters. The average molecular weight is 449 g/mol. The smallest absolute Gasteiger partial charge is 0.407 e. The van der Waals surface area contributed by atoms with E-state index in [9.17, 15) is 18.4 Å². The van der Waals surface area contributed by atoms with Gasteiger partial charge in [0.1, 0.15) is 11.4 Å². The van der Waals surface area contributed by atoms with E-state index in [0.29, 0.717) is 11.3 Å². The number of benzene rings is 1. The van der Waals surface area contributed by atoms with E-state index >= 15 is 0 Å². The predicted molar refractivity (Wildman–Crippen MR) is 118 cm³/mol. The van der Waals surface area contributed by atoms with Crippen LogP contribution in [-0.4, -0.2) is 34.8 Å². The number of aromatic nitrogens is 1. The van der Waals surface area contributed by atoms with Gasteiger partial charge in [-0.15, -0.1) is 0 Å². The summed E-state index contributed by atoms with van der Waals surface area (Å²) in [5.41, 5.74) is 0.528. The average Bonchev–Trinajstić information content (AvgIpc) is 2.69. The van der Waals surface area contributed by atoms with Crippen molar-refractivity contribution >= 4 is 6.09 Å². The monoisotopic (exact) mass is 448 g/mol. The molecule has 0 radical (unpaired) electrons. The number of hydrogen-bond acceptors (Lipinski definition) is 4. The van der Waals surface area contributed by atoms with Gasteiger partial charge in [0.05, 0.1) is 6.61 Å². The lowest BCUT2D eigenvalue weighted by atomic mass is 9.82. The minimum absolute atomic E-state index is 0.0303. The summed E-state index contributed by atoms with van der Waals surface area (Å²) in [6.45, 7) is 5.27. The van der Waals surface area contributed by atoms with Crippen molar-refractivity contribution in [1.29, 1.82) is 0 Å². The lowest BCUT2D eigenvalue weighted by molar-refractivity contribution is -0.0690. The largest absolute Gasteiger partial charge is 0.493 e. The maximum absolute atomic E-state index is 14.0. The van der Waals surface area contributed by atoms with E-state index in [-0.39, 0.29) is 31.4 Å². The molecule has 32 heavy (non-hydrogen) atoms. The molecule has 3 rings (SSSR count). The van der Waals surface area contributed by atoms with Crippen LogP contribution in [0.3, 0.4) is 0 Å². The molecule has 1 amide bonds. The molecule has 8 heteroatoms. The molecule has 1 heterocycles. The maximum atomic E-state index is 14.0. The first-order valence-electron chi connectivity index (χ1n) is 10.7. The zero-order chi connectivity index (χ0) is 23.5. The first-order chi connectivity index (χ1) is 14.9. The summed E-state index contributed by atoms with van der Waals surface area (Å²) in [7, 11) is 1.69. The molecule has 2 aromatic rings. The van der Waals surface area contributed by atoms with Gasteiger partial charge >= 0.3 is 6.09 Å². The third-order valence-electron chi connectivity index (χ3n) is 5.41. The van der Waals surface area contributed by atoms with E-state index in [0.717, 1.165) is 5.56 Å². The summed E-state index contributed by atoms with van der Waals surface area (Å²) in [5.74, 6) is -2.85. The second-order valence-corrected chi connectivity index (χ2v) is 9.28. The summed E-state index contributed by atoms with van der Waals surface area (Å²) in [4.78, 5) is 24.4. The third kappa shape index (κ3) is 6.31. The SMILES string of the molecule is Cn1cccc(-c2ccc(OC[C@H]3CC(F)(F)CC[C@@H]3NC(=O)OC(C)(C)C)cc2)c1=O. The van der Waals surface area contributed by atoms with Crippen LogP contribution in [0.2, 0.25) is 0 Å². The highest BCUT2D eigenvalue weighted by Crippen LogP contribution is 2.37. The summed E-state index contributed by atoms with van der Waals surface area (Å²) in [6, 6.07) is 10.0. The van der Waals surface area contributed by atoms with E-state index in [2.05, 4.69) is 5.32 Å². The van der Waals surface area contributed by atoms with E-state index in [1.54, 1.807) is 70.4 Å². The van der Waals surface area contributed by atoms with Crippen LogP contribution in [0.25, 0.3) is 11.1 Å². The molecule has 1 aliphatic carbocycles. The molecule has 6 nitrogen and oxygen atoms in total. The van der Waals surface area contributed by atoms with Crippen molar-refractivity contribution in [2.24, 2.45) is 13.0 Å². The Labute approximate surface area is 186 Å². The molecule has 1 fully saturated rings. The van der Waals surface area contributed by atoms with Crippen molar-refractivity contribution < 1.29 is 23.0 Å². The Hall–Kier alpha value is -2.90. The molecule has 1 N–H and O–H groups in total. The van der Waals surface area contributed by atoms with E-state index in [1.165, 1.54) is 4.57 Å². The Morgan fingerprint density at radius 2 is 1.91 bits per heavy atom. The minimum Gasteiger partial charge on any atom is -0.493 e. The van der Waals surface area contributed by atoms with Crippen molar-refractivity contribution in [2.75, 3.05) is 6.61 Å². The highest BCUT2D eigenvalue weighted by molar-refractivity contribution is 5.68. The Morgan fingerprint density at radius 1 is 1.22 bits per heavy atom. The topological polar surface area (TPSA) is 69.6 Å². The fourth-order valence-corrected chi connectivity index (χ4v) is 3.81. The molecule has 0 unspecified atom stereocenters. The van der Waals surface area contributed by atoms with Gasteiger partial charge in [-0.1, -0.05) is 12.1 Å². The summed E-state index contributed by atoms with van der Waals surface area (Å²) >= 11 is 0. The van der Waals surface area contributed by atoms with Crippen molar-refractivity contribution in [3.63, 3.8) is 0 Å². The van der Waals surface area contributed by atoms with Crippen molar-refractivity contribution in [3.8, 4) is 16.9 Å². The molecule has 1 aromatic heterocycles. The van der Waals surface area contributed by atoms with Crippen LogP contribution in [0.5, 0.6) is 5.75 Å². The lowest BCUT2D eigenvalue weighted by Crippen LogP contribution is -2.49. The second-order valence-electron chi connectivity index (χ2n) is 9.28. The molecule has 0 bridgehead atoms. The first-order valence-corrected chi connectivity index (χ1v) is 10.7. The second kappa shape index (κ2) is 9.30. The number of pyridine rings is 1. The van der Waals surface area contributed by atoms with Gasteiger partial charge in [-0.05, 0) is 57.0 Å². The molecule has 0 saturated heterocycles. The van der Waals surface area contributed by atoms with Gasteiger partial charge in [0, 0.05) is 43.6 Å². The minimum atomic E-state index is -2.79. The van der Waals surface area contributed by atoms with Gasteiger partial charge in [0.25, 0.3) is 5.56 Å². The number of nitrogens with one attached hydrogen (secondary N) is 1. The zero-order valence-electron chi connectivity index (χ0n) is 18.9. The Morgan fingerprint density at radius 3 is 2.56 bits per heavy atom. The summed E-state index contributed by atoms with van der Waals surface area (Å²) < 4.78 is 40.6. The highest BCUT2D eigenvalue weighted by atomic mass is 19.3. The fraction of sp³-hybridized carbons (Fsp3) is 0.500. The standard InChI is InChI=1S/C24H30F2N2O4/c1-23(2,3)32-22(30)27-20-11-12-24(25,26)14-17(20)15-31-18-9-7-16(8-10-18)19-6-5-13-28(4)21(19)29/h5-10,13,17,20H,11-12,14-15H2,1-4H3,(H,27,30)/t17-,20+/m1/s1. The van der Waals surface area contributed by atoms with Crippen LogP contribution < -0.4 is 15.6 Å². The number of alkyl halides is 2. The number of alkyl carbamates (subject to hydrolysis) is 1. The Balaban J connectivity index is 1.66. The van der Waals surface area contributed by atoms with Crippen LogP contribution in [0.4, 0.5) is 13.6 Å². The van der Waals surface area contributed by atoms with Crippen molar-refractivity contribution in [3.05, 3.63) is 52.9 Å². The van der Waals surface area contributed by atoms with Gasteiger partial charge in [-0.3, -0.25) is 4.79 Å². The number of amides is 1. The quantitative estimate of drug-likeness (QED) is 0.716. The van der Waals surface area contributed by atoms with Crippen LogP contribution in [0, 0.1) is 5.92 Å². The van der Waals surface area contributed by atoms with Gasteiger partial charge in [0.2, 0.25) is 5.92 Å². The molecule has 0 spiro atoms. The maximum Gasteiger partial charge on any atom is 0.407 e. The van der Waals surface area contributed by atoms with E-state index in [4.69, 9.17) is 9.47 Å². The van der Waals surface area contributed by atoms with Crippen LogP contribution in [0.15, 0.2) is 47.4 Å². The van der Waals surface area contributed by atoms with Crippen LogP contribution in [-0.2, 0) is 11.8 Å². The Bertz CT molecular complexity index is 996. The number of halogens is 2. The fourth-order valence-electron chi connectivity index (χ4n) is 3.81. The van der Waals surface area contributed by atoms with Crippen molar-refractivity contribution in [2.45, 2.75) is 57.6 Å². The Kier molecular flexibility index (Phi) is 6.91. The molecular weight excluding hydrogens is 418 g/mol. The molecule has 1 aromatic carbocycles. The van der Waals surface area contributed by atoms with Gasteiger partial charge in [-0.25, -0.2) is 13.6 Å². The molecule has 0 aliphatic heterocycles.